The van der Waals surface area contributed by atoms with Crippen LogP contribution in [-0.2, 0) is 10.5 Å². The van der Waals surface area contributed by atoms with E-state index in [0.717, 1.165) is 10.7 Å². The lowest BCUT2D eigenvalue weighted by atomic mass is 10.1. The van der Waals surface area contributed by atoms with Gasteiger partial charge in [-0.15, -0.1) is 23.1 Å². The maximum atomic E-state index is 10.9. The van der Waals surface area contributed by atoms with Crippen LogP contribution in [0.4, 0.5) is 0 Å². The quantitative estimate of drug-likeness (QED) is 0.860. The number of nitrogens with zero attached hydrogens (tertiary/aromatic N) is 1. The van der Waals surface area contributed by atoms with Gasteiger partial charge < -0.3 is 10.8 Å². The van der Waals surface area contributed by atoms with E-state index in [2.05, 4.69) is 4.98 Å². The minimum absolute atomic E-state index is 0.501. The lowest BCUT2D eigenvalue weighted by molar-refractivity contribution is -0.139. The Morgan fingerprint density at radius 2 is 2.18 bits per heavy atom. The average Bonchev–Trinajstić information content (AvgIpc) is 2.54. The molecule has 1 aromatic heterocycles. The van der Waals surface area contributed by atoms with Gasteiger partial charge in [0.1, 0.15) is 11.0 Å². The van der Waals surface area contributed by atoms with Crippen LogP contribution in [0.1, 0.15) is 29.4 Å². The highest BCUT2D eigenvalue weighted by atomic mass is 32.2. The number of nitrogens with two attached hydrogens (primary N) is 1. The zero-order chi connectivity index (χ0) is 13.2. The number of carboxylic acids is 1. The van der Waals surface area contributed by atoms with Crippen LogP contribution < -0.4 is 5.73 Å². The molecule has 0 spiro atoms. The number of rotatable bonds is 5. The van der Waals surface area contributed by atoms with E-state index in [4.69, 9.17) is 10.8 Å². The summed E-state index contributed by atoms with van der Waals surface area (Å²) in [6, 6.07) is -0.866. The lowest BCUT2D eigenvalue weighted by Crippen LogP contribution is -2.46. The van der Waals surface area contributed by atoms with Crippen molar-refractivity contribution in [3.8, 4) is 0 Å². The second-order valence-electron chi connectivity index (χ2n) is 4.46. The largest absolute Gasteiger partial charge is 0.480 e. The molecule has 0 radical (unpaired) electrons. The Hall–Kier alpha value is -0.590. The summed E-state index contributed by atoms with van der Waals surface area (Å²) in [5.41, 5.74) is 6.70. The molecular weight excluding hydrogens is 256 g/mol. The lowest BCUT2D eigenvalue weighted by Gasteiger charge is -2.27. The molecule has 0 saturated carbocycles. The molecule has 3 N–H and O–H groups in total. The number of thiazole rings is 1. The van der Waals surface area contributed by atoms with E-state index >= 15 is 0 Å². The number of carbonyl (C=O) groups is 1. The number of thioether (sulfide) groups is 1. The second kappa shape index (κ2) is 5.37. The van der Waals surface area contributed by atoms with Gasteiger partial charge >= 0.3 is 5.97 Å². The summed E-state index contributed by atoms with van der Waals surface area (Å²) >= 11 is 3.19. The van der Waals surface area contributed by atoms with Crippen molar-refractivity contribution in [3.05, 3.63) is 15.6 Å². The first kappa shape index (κ1) is 14.5. The molecule has 0 aliphatic rings. The van der Waals surface area contributed by atoms with Gasteiger partial charge in [0.15, 0.2) is 0 Å². The number of hydrogen-bond acceptors (Lipinski definition) is 5. The first-order valence-corrected chi connectivity index (χ1v) is 7.09. The normalized spacial score (nSPS) is 13.7. The highest BCUT2D eigenvalue weighted by Crippen LogP contribution is 2.32. The highest BCUT2D eigenvalue weighted by Gasteiger charge is 2.32. The van der Waals surface area contributed by atoms with Gasteiger partial charge in [0.2, 0.25) is 0 Å². The minimum atomic E-state index is -0.964. The average molecular weight is 274 g/mol. The molecule has 1 aromatic rings. The maximum Gasteiger partial charge on any atom is 0.321 e. The third-order valence-corrected chi connectivity index (χ3v) is 5.33. The van der Waals surface area contributed by atoms with Crippen LogP contribution >= 0.6 is 23.1 Å². The fraction of sp³-hybridized carbons (Fsp3) is 0.636. The number of aryl methyl sites for hydroxylation is 2. The minimum Gasteiger partial charge on any atom is -0.480 e. The third kappa shape index (κ3) is 3.69. The number of hydrogen-bond donors (Lipinski definition) is 2. The Morgan fingerprint density at radius 1 is 1.59 bits per heavy atom. The molecule has 0 saturated heterocycles. The standard InChI is InChI=1S/C11H18N2O2S2/c1-6-7(2)17-8(13-6)5-16-11(3,4)9(12)10(14)15/h9H,5,12H2,1-4H3,(H,14,15)/t9-/m0/s1. The fourth-order valence-electron chi connectivity index (χ4n) is 1.24. The number of carboxylic acid groups (broad SMARTS) is 1. The number of aromatic nitrogens is 1. The Balaban J connectivity index is 2.63. The van der Waals surface area contributed by atoms with E-state index in [1.54, 1.807) is 11.3 Å². The van der Waals surface area contributed by atoms with Crippen LogP contribution in [0, 0.1) is 13.8 Å². The van der Waals surface area contributed by atoms with Crippen LogP contribution in [0.3, 0.4) is 0 Å². The van der Waals surface area contributed by atoms with Gasteiger partial charge in [-0.3, -0.25) is 4.79 Å². The first-order valence-electron chi connectivity index (χ1n) is 5.29. The van der Waals surface area contributed by atoms with Crippen molar-refractivity contribution in [1.29, 1.82) is 0 Å². The van der Waals surface area contributed by atoms with E-state index in [0.29, 0.717) is 5.75 Å². The van der Waals surface area contributed by atoms with Crippen molar-refractivity contribution >= 4 is 29.1 Å². The molecule has 96 valence electrons. The molecule has 6 heteroatoms. The third-order valence-electron chi connectivity index (χ3n) is 2.66. The summed E-state index contributed by atoms with van der Waals surface area (Å²) in [6.07, 6.45) is 0. The van der Waals surface area contributed by atoms with Crippen molar-refractivity contribution in [2.24, 2.45) is 5.73 Å². The topological polar surface area (TPSA) is 76.2 Å². The van der Waals surface area contributed by atoms with Crippen molar-refractivity contribution in [2.75, 3.05) is 0 Å². The van der Waals surface area contributed by atoms with Gasteiger partial charge in [-0.1, -0.05) is 0 Å². The smallest absolute Gasteiger partial charge is 0.321 e. The van der Waals surface area contributed by atoms with Crippen molar-refractivity contribution < 1.29 is 9.90 Å². The fourth-order valence-corrected chi connectivity index (χ4v) is 3.22. The molecule has 0 amide bonds. The first-order chi connectivity index (χ1) is 7.74. The monoisotopic (exact) mass is 274 g/mol. The molecular formula is C11H18N2O2S2. The summed E-state index contributed by atoms with van der Waals surface area (Å²) in [5.74, 6) is -0.262. The van der Waals surface area contributed by atoms with Crippen LogP contribution in [0.5, 0.6) is 0 Å². The highest BCUT2D eigenvalue weighted by molar-refractivity contribution is 8.00. The van der Waals surface area contributed by atoms with E-state index < -0.39 is 16.8 Å². The molecule has 0 aliphatic carbocycles. The van der Waals surface area contributed by atoms with E-state index in [-0.39, 0.29) is 0 Å². The zero-order valence-corrected chi connectivity index (χ0v) is 12.1. The van der Waals surface area contributed by atoms with Crippen molar-refractivity contribution in [3.63, 3.8) is 0 Å². The van der Waals surface area contributed by atoms with Crippen LogP contribution in [0.25, 0.3) is 0 Å². The molecule has 1 rings (SSSR count). The molecule has 0 aliphatic heterocycles. The Morgan fingerprint density at radius 3 is 2.59 bits per heavy atom. The summed E-state index contributed by atoms with van der Waals surface area (Å²) in [5, 5.41) is 9.94. The summed E-state index contributed by atoms with van der Waals surface area (Å²) in [7, 11) is 0. The van der Waals surface area contributed by atoms with Crippen molar-refractivity contribution in [1.82, 2.24) is 4.98 Å². The van der Waals surface area contributed by atoms with Gasteiger partial charge in [-0.2, -0.15) is 0 Å². The van der Waals surface area contributed by atoms with Gasteiger partial charge in [0.25, 0.3) is 0 Å². The Labute approximate surface area is 110 Å². The van der Waals surface area contributed by atoms with Crippen molar-refractivity contribution in [2.45, 2.75) is 44.2 Å². The molecule has 0 fully saturated rings. The molecule has 0 aromatic carbocycles. The predicted molar refractivity (Wildman–Crippen MR) is 72.6 cm³/mol. The Kier molecular flexibility index (Phi) is 4.57. The molecule has 17 heavy (non-hydrogen) atoms. The van der Waals surface area contributed by atoms with Crippen LogP contribution in [0.2, 0.25) is 0 Å². The molecule has 0 bridgehead atoms. The van der Waals surface area contributed by atoms with E-state index in [9.17, 15) is 4.79 Å². The maximum absolute atomic E-state index is 10.9. The number of aliphatic carboxylic acids is 1. The van der Waals surface area contributed by atoms with Crippen LogP contribution in [0.15, 0.2) is 0 Å². The summed E-state index contributed by atoms with van der Waals surface area (Å²) in [4.78, 5) is 16.5. The summed E-state index contributed by atoms with van der Waals surface area (Å²) < 4.78 is -0.501. The van der Waals surface area contributed by atoms with E-state index in [1.807, 2.05) is 27.7 Å². The predicted octanol–water partition coefficient (Wildman–Crippen LogP) is 2.18. The molecule has 1 atom stereocenters. The van der Waals surface area contributed by atoms with E-state index in [1.165, 1.54) is 16.6 Å². The SMILES string of the molecule is Cc1nc(CSC(C)(C)[C@@H](N)C(=O)O)sc1C. The zero-order valence-electron chi connectivity index (χ0n) is 10.5. The van der Waals surface area contributed by atoms with Gasteiger partial charge in [0, 0.05) is 15.4 Å². The van der Waals surface area contributed by atoms with Gasteiger partial charge in [-0.05, 0) is 27.7 Å². The van der Waals surface area contributed by atoms with Gasteiger partial charge in [0.05, 0.1) is 5.69 Å². The Bertz CT molecular complexity index is 396. The molecule has 1 heterocycles. The second-order valence-corrected chi connectivity index (χ2v) is 7.37. The molecule has 4 nitrogen and oxygen atoms in total. The summed E-state index contributed by atoms with van der Waals surface area (Å²) in [6.45, 7) is 7.72. The van der Waals surface area contributed by atoms with Crippen LogP contribution in [-0.4, -0.2) is 26.8 Å². The van der Waals surface area contributed by atoms with Gasteiger partial charge in [-0.25, -0.2) is 4.98 Å². The molecule has 0 unspecified atom stereocenters.